The first-order chi connectivity index (χ1) is 9.69. The van der Waals surface area contributed by atoms with Gasteiger partial charge in [0, 0.05) is 18.1 Å². The van der Waals surface area contributed by atoms with E-state index in [1.165, 1.54) is 7.11 Å². The summed E-state index contributed by atoms with van der Waals surface area (Å²) in [6, 6.07) is 5.34. The Morgan fingerprint density at radius 3 is 2.90 bits per heavy atom. The largest absolute Gasteiger partial charge is 0.497 e. The van der Waals surface area contributed by atoms with Crippen LogP contribution in [-0.4, -0.2) is 38.6 Å². The second kappa shape index (κ2) is 6.27. The van der Waals surface area contributed by atoms with Crippen LogP contribution in [-0.2, 0) is 14.4 Å². The van der Waals surface area contributed by atoms with Crippen molar-refractivity contribution in [3.05, 3.63) is 23.8 Å². The number of carbonyl (C=O) groups is 1. The maximum absolute atomic E-state index is 11.8. The minimum absolute atomic E-state index is 0.306. The molecule has 1 heterocycles. The zero-order valence-electron chi connectivity index (χ0n) is 11.7. The second-order valence-corrected chi connectivity index (χ2v) is 4.15. The van der Waals surface area contributed by atoms with Gasteiger partial charge in [0.2, 0.25) is 6.10 Å². The number of hydrogen-bond acceptors (Lipinski definition) is 6. The van der Waals surface area contributed by atoms with E-state index in [2.05, 4.69) is 5.16 Å². The first kappa shape index (κ1) is 14.2. The van der Waals surface area contributed by atoms with Crippen molar-refractivity contribution < 1.29 is 23.8 Å². The van der Waals surface area contributed by atoms with Crippen LogP contribution in [0.2, 0.25) is 0 Å². The number of nitrogens with zero attached hydrogens (tertiary/aromatic N) is 1. The van der Waals surface area contributed by atoms with Crippen LogP contribution in [0.1, 0.15) is 18.9 Å². The quantitative estimate of drug-likeness (QED) is 0.620. The minimum atomic E-state index is -0.719. The summed E-state index contributed by atoms with van der Waals surface area (Å²) >= 11 is 0. The number of oxime groups is 1. The molecule has 6 nitrogen and oxygen atoms in total. The van der Waals surface area contributed by atoms with Crippen LogP contribution in [0.25, 0.3) is 0 Å². The number of methoxy groups -OCH3 is 1. The highest BCUT2D eigenvalue weighted by atomic mass is 16.6. The van der Waals surface area contributed by atoms with Crippen LogP contribution >= 0.6 is 0 Å². The third-order valence-electron chi connectivity index (χ3n) is 2.90. The highest BCUT2D eigenvalue weighted by Crippen LogP contribution is 2.32. The fraction of sp³-hybridized carbons (Fsp3) is 0.429. The first-order valence-corrected chi connectivity index (χ1v) is 6.31. The average Bonchev–Trinajstić information content (AvgIpc) is 2.47. The Hall–Kier alpha value is -2.24. The molecule has 1 aromatic rings. The van der Waals surface area contributed by atoms with E-state index in [1.54, 1.807) is 26.2 Å². The zero-order chi connectivity index (χ0) is 14.5. The van der Waals surface area contributed by atoms with Gasteiger partial charge in [0.25, 0.3) is 0 Å². The van der Waals surface area contributed by atoms with Crippen LogP contribution in [0, 0.1) is 0 Å². The van der Waals surface area contributed by atoms with E-state index < -0.39 is 12.1 Å². The molecule has 0 spiro atoms. The Labute approximate surface area is 117 Å². The summed E-state index contributed by atoms with van der Waals surface area (Å²) in [5, 5.41) is 3.96. The molecule has 0 aromatic heterocycles. The lowest BCUT2D eigenvalue weighted by atomic mass is 9.99. The van der Waals surface area contributed by atoms with Crippen molar-refractivity contribution in [1.29, 1.82) is 0 Å². The molecular weight excluding hydrogens is 262 g/mol. The summed E-state index contributed by atoms with van der Waals surface area (Å²) in [5.74, 6) is 0.763. The third-order valence-corrected chi connectivity index (χ3v) is 2.90. The molecule has 1 aromatic carbocycles. The Morgan fingerprint density at radius 2 is 2.25 bits per heavy atom. The zero-order valence-corrected chi connectivity index (χ0v) is 11.7. The number of ether oxygens (including phenoxy) is 3. The van der Waals surface area contributed by atoms with E-state index in [9.17, 15) is 4.79 Å². The average molecular weight is 279 g/mol. The molecule has 0 aliphatic carbocycles. The molecule has 0 saturated carbocycles. The predicted molar refractivity (Wildman–Crippen MR) is 72.2 cm³/mol. The van der Waals surface area contributed by atoms with Crippen molar-refractivity contribution in [2.75, 3.05) is 20.8 Å². The Bertz CT molecular complexity index is 526. The third kappa shape index (κ3) is 2.84. The molecule has 1 aliphatic heterocycles. The number of esters is 1. The van der Waals surface area contributed by atoms with Crippen LogP contribution in [0.5, 0.6) is 11.5 Å². The van der Waals surface area contributed by atoms with Crippen LogP contribution in [0.15, 0.2) is 23.4 Å². The van der Waals surface area contributed by atoms with Gasteiger partial charge in [-0.25, -0.2) is 4.79 Å². The highest BCUT2D eigenvalue weighted by Gasteiger charge is 2.32. The molecule has 2 rings (SSSR count). The summed E-state index contributed by atoms with van der Waals surface area (Å²) in [6.07, 6.45) is -0.408. The van der Waals surface area contributed by atoms with E-state index >= 15 is 0 Å². The number of fused-ring (bicyclic) bond motifs is 1. The lowest BCUT2D eigenvalue weighted by molar-refractivity contribution is -0.151. The molecule has 0 fully saturated rings. The van der Waals surface area contributed by atoms with Crippen molar-refractivity contribution >= 4 is 11.7 Å². The fourth-order valence-corrected chi connectivity index (χ4v) is 2.01. The molecular formula is C14H17NO5. The highest BCUT2D eigenvalue weighted by molar-refractivity contribution is 6.06. The van der Waals surface area contributed by atoms with Gasteiger partial charge in [0.05, 0.1) is 19.4 Å². The van der Waals surface area contributed by atoms with E-state index in [0.29, 0.717) is 30.2 Å². The standard InChI is InChI=1S/C14H17NO5/c1-4-19-14(16)13-8-11(15-18-3)10-6-5-9(17-2)7-12(10)20-13/h5-7,13H,4,8H2,1-3H3. The van der Waals surface area contributed by atoms with E-state index in [0.717, 1.165) is 5.56 Å². The van der Waals surface area contributed by atoms with Gasteiger partial charge in [-0.2, -0.15) is 0 Å². The van der Waals surface area contributed by atoms with E-state index in [-0.39, 0.29) is 0 Å². The Kier molecular flexibility index (Phi) is 4.45. The van der Waals surface area contributed by atoms with Gasteiger partial charge in [-0.15, -0.1) is 0 Å². The number of hydrogen-bond donors (Lipinski definition) is 0. The molecule has 0 N–H and O–H groups in total. The lowest BCUT2D eigenvalue weighted by Crippen LogP contribution is -2.35. The minimum Gasteiger partial charge on any atom is -0.497 e. The summed E-state index contributed by atoms with van der Waals surface area (Å²) in [5.41, 5.74) is 1.43. The summed E-state index contributed by atoms with van der Waals surface area (Å²) < 4.78 is 15.8. The molecule has 1 aliphatic rings. The second-order valence-electron chi connectivity index (χ2n) is 4.15. The molecule has 0 amide bonds. The molecule has 0 bridgehead atoms. The van der Waals surface area contributed by atoms with Gasteiger partial charge in [-0.3, -0.25) is 0 Å². The number of rotatable bonds is 4. The predicted octanol–water partition coefficient (Wildman–Crippen LogP) is 1.76. The molecule has 20 heavy (non-hydrogen) atoms. The van der Waals surface area contributed by atoms with Crippen LogP contribution < -0.4 is 9.47 Å². The fourth-order valence-electron chi connectivity index (χ4n) is 2.01. The van der Waals surface area contributed by atoms with Crippen molar-refractivity contribution in [1.82, 2.24) is 0 Å². The van der Waals surface area contributed by atoms with E-state index in [1.807, 2.05) is 6.07 Å². The molecule has 1 unspecified atom stereocenters. The number of benzene rings is 1. The van der Waals surface area contributed by atoms with Gasteiger partial charge >= 0.3 is 5.97 Å². The molecule has 0 radical (unpaired) electrons. The van der Waals surface area contributed by atoms with E-state index in [4.69, 9.17) is 19.0 Å². The van der Waals surface area contributed by atoms with Crippen LogP contribution in [0.3, 0.4) is 0 Å². The summed E-state index contributed by atoms with van der Waals surface area (Å²) in [4.78, 5) is 16.7. The first-order valence-electron chi connectivity index (χ1n) is 6.31. The smallest absolute Gasteiger partial charge is 0.347 e. The number of carbonyl (C=O) groups excluding carboxylic acids is 1. The maximum atomic E-state index is 11.8. The Balaban J connectivity index is 2.34. The molecule has 108 valence electrons. The molecule has 0 saturated heterocycles. The van der Waals surface area contributed by atoms with Crippen molar-refractivity contribution in [3.63, 3.8) is 0 Å². The van der Waals surface area contributed by atoms with Gasteiger partial charge in [-0.05, 0) is 19.1 Å². The van der Waals surface area contributed by atoms with Gasteiger partial charge in [-0.1, -0.05) is 5.16 Å². The molecule has 1 atom stereocenters. The van der Waals surface area contributed by atoms with Gasteiger partial charge < -0.3 is 19.0 Å². The molecule has 6 heteroatoms. The normalized spacial score (nSPS) is 18.9. The van der Waals surface area contributed by atoms with Crippen LogP contribution in [0.4, 0.5) is 0 Å². The monoisotopic (exact) mass is 279 g/mol. The van der Waals surface area contributed by atoms with Gasteiger partial charge in [0.15, 0.2) is 0 Å². The van der Waals surface area contributed by atoms with Crippen molar-refractivity contribution in [2.45, 2.75) is 19.4 Å². The lowest BCUT2D eigenvalue weighted by Gasteiger charge is -2.25. The van der Waals surface area contributed by atoms with Crippen molar-refractivity contribution in [2.24, 2.45) is 5.16 Å². The Morgan fingerprint density at radius 1 is 1.45 bits per heavy atom. The van der Waals surface area contributed by atoms with Crippen molar-refractivity contribution in [3.8, 4) is 11.5 Å². The van der Waals surface area contributed by atoms with Gasteiger partial charge in [0.1, 0.15) is 18.6 Å². The maximum Gasteiger partial charge on any atom is 0.347 e. The SMILES string of the molecule is CCOC(=O)C1CC(=NOC)c2ccc(OC)cc2O1. The summed E-state index contributed by atoms with van der Waals surface area (Å²) in [7, 11) is 3.03. The summed E-state index contributed by atoms with van der Waals surface area (Å²) in [6.45, 7) is 2.06. The topological polar surface area (TPSA) is 66.4 Å².